The fraction of sp³-hybridized carbons (Fsp3) is 0.294. The maximum absolute atomic E-state index is 5.85. The Hall–Kier alpha value is -1.68. The third-order valence-corrected chi connectivity index (χ3v) is 4.14. The fourth-order valence-corrected chi connectivity index (χ4v) is 2.75. The summed E-state index contributed by atoms with van der Waals surface area (Å²) in [6.45, 7) is 4.21. The first kappa shape index (κ1) is 14.3. The van der Waals surface area contributed by atoms with Crippen LogP contribution in [0.1, 0.15) is 17.5 Å². The quantitative estimate of drug-likeness (QED) is 0.884. The maximum Gasteiger partial charge on any atom is 0.166 e. The van der Waals surface area contributed by atoms with Crippen LogP contribution in [0.4, 0.5) is 5.69 Å². The van der Waals surface area contributed by atoms with Crippen LogP contribution in [0.15, 0.2) is 40.9 Å². The van der Waals surface area contributed by atoms with Crippen molar-refractivity contribution < 1.29 is 9.47 Å². The maximum atomic E-state index is 5.85. The minimum Gasteiger partial charge on any atom is -0.490 e. The fourth-order valence-electron chi connectivity index (χ4n) is 2.36. The molecule has 1 N–H and O–H groups in total. The first-order valence-electron chi connectivity index (χ1n) is 7.11. The number of fused-ring (bicyclic) bond motifs is 1. The lowest BCUT2D eigenvalue weighted by molar-refractivity contribution is 0.296. The van der Waals surface area contributed by atoms with Crippen molar-refractivity contribution in [3.05, 3.63) is 52.0 Å². The predicted molar refractivity (Wildman–Crippen MR) is 88.3 cm³/mol. The topological polar surface area (TPSA) is 30.5 Å². The molecule has 0 saturated heterocycles. The Balaban J connectivity index is 1.81. The van der Waals surface area contributed by atoms with Crippen molar-refractivity contribution in [2.24, 2.45) is 0 Å². The van der Waals surface area contributed by atoms with Crippen LogP contribution in [0.3, 0.4) is 0 Å². The Morgan fingerprint density at radius 3 is 2.90 bits per heavy atom. The number of anilines is 1. The van der Waals surface area contributed by atoms with Crippen molar-refractivity contribution >= 4 is 21.6 Å². The third kappa shape index (κ3) is 3.32. The van der Waals surface area contributed by atoms with Crippen LogP contribution >= 0.6 is 15.9 Å². The van der Waals surface area contributed by atoms with Gasteiger partial charge in [-0.3, -0.25) is 0 Å². The van der Waals surface area contributed by atoms with E-state index in [1.165, 1.54) is 5.56 Å². The molecule has 1 heterocycles. The lowest BCUT2D eigenvalue weighted by Crippen LogP contribution is -2.04. The number of hydrogen-bond donors (Lipinski definition) is 1. The Labute approximate surface area is 133 Å². The highest BCUT2D eigenvalue weighted by Crippen LogP contribution is 2.34. The van der Waals surface area contributed by atoms with E-state index in [0.717, 1.165) is 33.6 Å². The summed E-state index contributed by atoms with van der Waals surface area (Å²) in [5.41, 5.74) is 3.43. The van der Waals surface area contributed by atoms with Crippen molar-refractivity contribution in [3.8, 4) is 11.5 Å². The second kappa shape index (κ2) is 6.39. The smallest absolute Gasteiger partial charge is 0.166 e. The summed E-state index contributed by atoms with van der Waals surface area (Å²) in [5.74, 6) is 1.71. The average molecular weight is 348 g/mol. The standard InChI is InChI=1S/C17H18BrNO2/c1-12-6-7-14(18)15(10-12)19-11-13-4-2-5-16-17(13)21-9-3-8-20-16/h2,4-7,10,19H,3,8-9,11H2,1H3. The number of para-hydroxylation sites is 1. The molecule has 0 fully saturated rings. The summed E-state index contributed by atoms with van der Waals surface area (Å²) in [4.78, 5) is 0. The van der Waals surface area contributed by atoms with Crippen molar-refractivity contribution in [3.63, 3.8) is 0 Å². The molecule has 0 aliphatic carbocycles. The molecule has 2 aromatic carbocycles. The Bertz CT molecular complexity index is 643. The number of rotatable bonds is 3. The summed E-state index contributed by atoms with van der Waals surface area (Å²) in [6.07, 6.45) is 0.922. The molecule has 110 valence electrons. The monoisotopic (exact) mass is 347 g/mol. The van der Waals surface area contributed by atoms with Crippen LogP contribution < -0.4 is 14.8 Å². The van der Waals surface area contributed by atoms with Gasteiger partial charge in [-0.15, -0.1) is 0 Å². The lowest BCUT2D eigenvalue weighted by Gasteiger charge is -2.14. The SMILES string of the molecule is Cc1ccc(Br)c(NCc2cccc3c2OCCCO3)c1. The molecule has 4 heteroatoms. The first-order valence-corrected chi connectivity index (χ1v) is 7.91. The van der Waals surface area contributed by atoms with Crippen molar-refractivity contribution in [2.45, 2.75) is 19.9 Å². The molecule has 0 unspecified atom stereocenters. The van der Waals surface area contributed by atoms with E-state index >= 15 is 0 Å². The predicted octanol–water partition coefficient (Wildman–Crippen LogP) is 4.53. The summed E-state index contributed by atoms with van der Waals surface area (Å²) >= 11 is 3.57. The van der Waals surface area contributed by atoms with E-state index in [1.54, 1.807) is 0 Å². The van der Waals surface area contributed by atoms with E-state index < -0.39 is 0 Å². The molecule has 0 atom stereocenters. The summed E-state index contributed by atoms with van der Waals surface area (Å²) in [7, 11) is 0. The Morgan fingerprint density at radius 1 is 1.14 bits per heavy atom. The molecule has 2 aromatic rings. The highest BCUT2D eigenvalue weighted by atomic mass is 79.9. The normalized spacial score (nSPS) is 13.6. The largest absolute Gasteiger partial charge is 0.490 e. The highest BCUT2D eigenvalue weighted by molar-refractivity contribution is 9.10. The van der Waals surface area contributed by atoms with Gasteiger partial charge in [-0.1, -0.05) is 18.2 Å². The summed E-state index contributed by atoms with van der Waals surface area (Å²) < 4.78 is 12.6. The Morgan fingerprint density at radius 2 is 2.00 bits per heavy atom. The number of benzene rings is 2. The Kier molecular flexibility index (Phi) is 4.34. The van der Waals surface area contributed by atoms with Gasteiger partial charge in [-0.05, 0) is 46.6 Å². The molecule has 0 aromatic heterocycles. The van der Waals surface area contributed by atoms with Gasteiger partial charge in [0, 0.05) is 28.7 Å². The molecule has 0 saturated carbocycles. The van der Waals surface area contributed by atoms with Gasteiger partial charge in [-0.2, -0.15) is 0 Å². The van der Waals surface area contributed by atoms with Crippen LogP contribution in [0, 0.1) is 6.92 Å². The molecular formula is C17H18BrNO2. The molecule has 1 aliphatic heterocycles. The van der Waals surface area contributed by atoms with Gasteiger partial charge in [0.05, 0.1) is 13.2 Å². The molecule has 3 rings (SSSR count). The molecule has 1 aliphatic rings. The highest BCUT2D eigenvalue weighted by Gasteiger charge is 2.14. The number of nitrogens with one attached hydrogen (secondary N) is 1. The van der Waals surface area contributed by atoms with Crippen LogP contribution in [0.2, 0.25) is 0 Å². The zero-order valence-corrected chi connectivity index (χ0v) is 13.6. The number of aryl methyl sites for hydroxylation is 1. The zero-order valence-electron chi connectivity index (χ0n) is 12.0. The van der Waals surface area contributed by atoms with E-state index in [0.29, 0.717) is 19.8 Å². The van der Waals surface area contributed by atoms with Crippen LogP contribution in [-0.2, 0) is 6.54 Å². The summed E-state index contributed by atoms with van der Waals surface area (Å²) in [5, 5.41) is 3.46. The van der Waals surface area contributed by atoms with E-state index in [-0.39, 0.29) is 0 Å². The van der Waals surface area contributed by atoms with E-state index in [2.05, 4.69) is 52.4 Å². The lowest BCUT2D eigenvalue weighted by atomic mass is 10.1. The summed E-state index contributed by atoms with van der Waals surface area (Å²) in [6, 6.07) is 12.3. The second-order valence-electron chi connectivity index (χ2n) is 5.13. The van der Waals surface area contributed by atoms with Gasteiger partial charge < -0.3 is 14.8 Å². The zero-order chi connectivity index (χ0) is 14.7. The van der Waals surface area contributed by atoms with Gasteiger partial charge in [0.1, 0.15) is 0 Å². The van der Waals surface area contributed by atoms with Crippen molar-refractivity contribution in [2.75, 3.05) is 18.5 Å². The average Bonchev–Trinajstić information content (AvgIpc) is 2.74. The van der Waals surface area contributed by atoms with Crippen molar-refractivity contribution in [1.82, 2.24) is 0 Å². The molecule has 3 nitrogen and oxygen atoms in total. The molecule has 0 bridgehead atoms. The minimum atomic E-state index is 0.703. The van der Waals surface area contributed by atoms with Gasteiger partial charge in [0.25, 0.3) is 0 Å². The van der Waals surface area contributed by atoms with E-state index in [1.807, 2.05) is 12.1 Å². The number of ether oxygens (including phenoxy) is 2. The van der Waals surface area contributed by atoms with Gasteiger partial charge >= 0.3 is 0 Å². The van der Waals surface area contributed by atoms with Crippen LogP contribution in [-0.4, -0.2) is 13.2 Å². The third-order valence-electron chi connectivity index (χ3n) is 3.44. The van der Waals surface area contributed by atoms with Gasteiger partial charge in [0.2, 0.25) is 0 Å². The minimum absolute atomic E-state index is 0.703. The van der Waals surface area contributed by atoms with Crippen molar-refractivity contribution in [1.29, 1.82) is 0 Å². The molecule has 0 amide bonds. The molecule has 0 spiro atoms. The van der Waals surface area contributed by atoms with Gasteiger partial charge in [-0.25, -0.2) is 0 Å². The van der Waals surface area contributed by atoms with Crippen LogP contribution in [0.5, 0.6) is 11.5 Å². The number of halogens is 1. The molecule has 21 heavy (non-hydrogen) atoms. The molecular weight excluding hydrogens is 330 g/mol. The van der Waals surface area contributed by atoms with Crippen LogP contribution in [0.25, 0.3) is 0 Å². The molecule has 0 radical (unpaired) electrons. The number of hydrogen-bond acceptors (Lipinski definition) is 3. The van der Waals surface area contributed by atoms with Gasteiger partial charge in [0.15, 0.2) is 11.5 Å². The first-order chi connectivity index (χ1) is 10.2. The van der Waals surface area contributed by atoms with E-state index in [9.17, 15) is 0 Å². The van der Waals surface area contributed by atoms with E-state index in [4.69, 9.17) is 9.47 Å². The second-order valence-corrected chi connectivity index (χ2v) is 5.99.